The molecule has 1 N–H and O–H groups in total. The van der Waals surface area contributed by atoms with E-state index in [0.717, 1.165) is 6.42 Å². The Hall–Kier alpha value is -1.40. The molecule has 0 aliphatic carbocycles. The van der Waals surface area contributed by atoms with E-state index >= 15 is 0 Å². The van der Waals surface area contributed by atoms with E-state index in [4.69, 9.17) is 9.47 Å². The minimum Gasteiger partial charge on any atom is -0.378 e. The van der Waals surface area contributed by atoms with Crippen molar-refractivity contribution in [3.63, 3.8) is 0 Å². The summed E-state index contributed by atoms with van der Waals surface area (Å²) in [6.45, 7) is 4.32. The van der Waals surface area contributed by atoms with Crippen molar-refractivity contribution < 1.29 is 9.47 Å². The Labute approximate surface area is 106 Å². The predicted molar refractivity (Wildman–Crippen MR) is 67.8 cm³/mol. The normalized spacial score (nSPS) is 23.2. The third-order valence-electron chi connectivity index (χ3n) is 3.33. The molecule has 1 aliphatic heterocycles. The lowest BCUT2D eigenvalue weighted by molar-refractivity contribution is -0.00627. The van der Waals surface area contributed by atoms with Gasteiger partial charge >= 0.3 is 0 Å². The molecule has 0 bridgehead atoms. The largest absolute Gasteiger partial charge is 0.378 e. The summed E-state index contributed by atoms with van der Waals surface area (Å²) in [4.78, 5) is 16.0. The van der Waals surface area contributed by atoms with Crippen LogP contribution in [0.2, 0.25) is 0 Å². The number of anilines is 1. The van der Waals surface area contributed by atoms with Crippen molar-refractivity contribution in [3.05, 3.63) is 22.7 Å². The standard InChI is InChI=1S/C12H19N3O3/c1-3-15-6-5-13-10(11(15)16)14-8-12(17-2)4-7-18-9-12/h5-6H,3-4,7-9H2,1-2H3,(H,13,14). The first kappa shape index (κ1) is 13.0. The van der Waals surface area contributed by atoms with Gasteiger partial charge in [0, 0.05) is 45.6 Å². The van der Waals surface area contributed by atoms with Crippen molar-refractivity contribution in [1.29, 1.82) is 0 Å². The first-order valence-electron chi connectivity index (χ1n) is 6.13. The molecule has 6 nitrogen and oxygen atoms in total. The number of hydrogen-bond acceptors (Lipinski definition) is 5. The smallest absolute Gasteiger partial charge is 0.293 e. The average Bonchev–Trinajstić information content (AvgIpc) is 2.87. The van der Waals surface area contributed by atoms with Crippen LogP contribution in [0.1, 0.15) is 13.3 Å². The lowest BCUT2D eigenvalue weighted by Crippen LogP contribution is -2.41. The third kappa shape index (κ3) is 2.54. The summed E-state index contributed by atoms with van der Waals surface area (Å²) < 4.78 is 12.5. The molecule has 0 amide bonds. The van der Waals surface area contributed by atoms with Crippen LogP contribution in [0.3, 0.4) is 0 Å². The number of ether oxygens (including phenoxy) is 2. The molecule has 1 saturated heterocycles. The van der Waals surface area contributed by atoms with Crippen molar-refractivity contribution in [2.75, 3.05) is 32.2 Å². The Morgan fingerprint density at radius 1 is 1.67 bits per heavy atom. The van der Waals surface area contributed by atoms with E-state index in [9.17, 15) is 4.79 Å². The highest BCUT2D eigenvalue weighted by molar-refractivity contribution is 5.31. The van der Waals surface area contributed by atoms with Crippen LogP contribution in [0.25, 0.3) is 0 Å². The summed E-state index contributed by atoms with van der Waals surface area (Å²) in [5.41, 5.74) is -0.453. The molecule has 1 aromatic rings. The van der Waals surface area contributed by atoms with Gasteiger partial charge in [0.25, 0.3) is 5.56 Å². The summed E-state index contributed by atoms with van der Waals surface area (Å²) >= 11 is 0. The Morgan fingerprint density at radius 2 is 2.50 bits per heavy atom. The third-order valence-corrected chi connectivity index (χ3v) is 3.33. The number of aryl methyl sites for hydroxylation is 1. The second-order valence-electron chi connectivity index (χ2n) is 4.41. The van der Waals surface area contributed by atoms with Crippen LogP contribution >= 0.6 is 0 Å². The predicted octanol–water partition coefficient (Wildman–Crippen LogP) is 0.481. The highest BCUT2D eigenvalue weighted by atomic mass is 16.5. The molecule has 0 aromatic carbocycles. The van der Waals surface area contributed by atoms with Crippen LogP contribution in [0.5, 0.6) is 0 Å². The molecule has 0 radical (unpaired) electrons. The van der Waals surface area contributed by atoms with E-state index in [1.165, 1.54) is 0 Å². The summed E-state index contributed by atoms with van der Waals surface area (Å²) in [6.07, 6.45) is 4.13. The second-order valence-corrected chi connectivity index (χ2v) is 4.41. The number of nitrogens with zero attached hydrogens (tertiary/aromatic N) is 2. The molecule has 0 spiro atoms. The van der Waals surface area contributed by atoms with Gasteiger partial charge in [-0.15, -0.1) is 0 Å². The maximum atomic E-state index is 12.0. The van der Waals surface area contributed by atoms with Gasteiger partial charge in [0.15, 0.2) is 5.82 Å². The molecule has 1 aliphatic rings. The lowest BCUT2D eigenvalue weighted by Gasteiger charge is -2.25. The molecular weight excluding hydrogens is 234 g/mol. The van der Waals surface area contributed by atoms with Gasteiger partial charge in [-0.1, -0.05) is 0 Å². The molecule has 18 heavy (non-hydrogen) atoms. The summed E-state index contributed by atoms with van der Waals surface area (Å²) in [5, 5.41) is 3.07. The molecule has 100 valence electrons. The molecular formula is C12H19N3O3. The summed E-state index contributed by atoms with van der Waals surface area (Å²) in [7, 11) is 1.67. The average molecular weight is 253 g/mol. The number of aromatic nitrogens is 2. The van der Waals surface area contributed by atoms with E-state index in [1.54, 1.807) is 24.1 Å². The Bertz CT molecular complexity index is 452. The van der Waals surface area contributed by atoms with Crippen LogP contribution in [0.4, 0.5) is 5.82 Å². The fourth-order valence-corrected chi connectivity index (χ4v) is 2.02. The quantitative estimate of drug-likeness (QED) is 0.827. The highest BCUT2D eigenvalue weighted by Crippen LogP contribution is 2.22. The number of hydrogen-bond donors (Lipinski definition) is 1. The van der Waals surface area contributed by atoms with E-state index < -0.39 is 0 Å². The molecule has 1 unspecified atom stereocenters. The van der Waals surface area contributed by atoms with Crippen LogP contribution < -0.4 is 10.9 Å². The molecule has 0 saturated carbocycles. The molecule has 2 heterocycles. The van der Waals surface area contributed by atoms with Gasteiger partial charge in [0.05, 0.1) is 6.61 Å². The summed E-state index contributed by atoms with van der Waals surface area (Å²) in [5.74, 6) is 0.364. The van der Waals surface area contributed by atoms with Crippen LogP contribution in [0, 0.1) is 0 Å². The molecule has 6 heteroatoms. The van der Waals surface area contributed by atoms with Crippen molar-refractivity contribution in [2.45, 2.75) is 25.5 Å². The van der Waals surface area contributed by atoms with Crippen LogP contribution in [-0.2, 0) is 16.0 Å². The molecule has 2 rings (SSSR count). The maximum absolute atomic E-state index is 12.0. The van der Waals surface area contributed by atoms with Crippen molar-refractivity contribution >= 4 is 5.82 Å². The zero-order valence-corrected chi connectivity index (χ0v) is 10.8. The zero-order chi connectivity index (χ0) is 13.0. The molecule has 1 atom stereocenters. The minimum absolute atomic E-state index is 0.106. The van der Waals surface area contributed by atoms with Gasteiger partial charge in [-0.25, -0.2) is 4.98 Å². The van der Waals surface area contributed by atoms with Crippen LogP contribution in [0.15, 0.2) is 17.2 Å². The zero-order valence-electron chi connectivity index (χ0n) is 10.8. The number of nitrogens with one attached hydrogen (secondary N) is 1. The first-order chi connectivity index (χ1) is 8.71. The minimum atomic E-state index is -0.346. The Morgan fingerprint density at radius 3 is 3.11 bits per heavy atom. The van der Waals surface area contributed by atoms with E-state index in [2.05, 4.69) is 10.3 Å². The van der Waals surface area contributed by atoms with Gasteiger partial charge in [-0.3, -0.25) is 4.79 Å². The fourth-order valence-electron chi connectivity index (χ4n) is 2.02. The van der Waals surface area contributed by atoms with Gasteiger partial charge in [0.2, 0.25) is 0 Å². The first-order valence-corrected chi connectivity index (χ1v) is 6.13. The second kappa shape index (κ2) is 5.49. The number of methoxy groups -OCH3 is 1. The SMILES string of the molecule is CCn1ccnc(NCC2(OC)CCOC2)c1=O. The fraction of sp³-hybridized carbons (Fsp3) is 0.667. The maximum Gasteiger partial charge on any atom is 0.293 e. The lowest BCUT2D eigenvalue weighted by atomic mass is 10.0. The van der Waals surface area contributed by atoms with E-state index in [-0.39, 0.29) is 11.2 Å². The van der Waals surface area contributed by atoms with Crippen molar-refractivity contribution in [3.8, 4) is 0 Å². The van der Waals surface area contributed by atoms with Crippen molar-refractivity contribution in [1.82, 2.24) is 9.55 Å². The van der Waals surface area contributed by atoms with Gasteiger partial charge < -0.3 is 19.4 Å². The summed E-state index contributed by atoms with van der Waals surface area (Å²) in [6, 6.07) is 0. The van der Waals surface area contributed by atoms with Gasteiger partial charge in [-0.2, -0.15) is 0 Å². The topological polar surface area (TPSA) is 65.4 Å². The monoisotopic (exact) mass is 253 g/mol. The van der Waals surface area contributed by atoms with Gasteiger partial charge in [0.1, 0.15) is 5.60 Å². The Kier molecular flexibility index (Phi) is 3.98. The molecule has 1 fully saturated rings. The van der Waals surface area contributed by atoms with E-state index in [0.29, 0.717) is 32.1 Å². The van der Waals surface area contributed by atoms with Crippen LogP contribution in [-0.4, -0.2) is 42.0 Å². The van der Waals surface area contributed by atoms with E-state index in [1.807, 2.05) is 6.92 Å². The number of rotatable bonds is 5. The van der Waals surface area contributed by atoms with Crippen molar-refractivity contribution in [2.24, 2.45) is 0 Å². The Balaban J connectivity index is 2.08. The molecule has 1 aromatic heterocycles. The van der Waals surface area contributed by atoms with Gasteiger partial charge in [-0.05, 0) is 6.92 Å². The highest BCUT2D eigenvalue weighted by Gasteiger charge is 2.35.